The van der Waals surface area contributed by atoms with Gasteiger partial charge in [-0.15, -0.1) is 0 Å². The summed E-state index contributed by atoms with van der Waals surface area (Å²) >= 11 is 0. The highest BCUT2D eigenvalue weighted by Gasteiger charge is 2.41. The molecule has 1 N–H and O–H groups in total. The Bertz CT molecular complexity index is 891. The molecule has 1 amide bonds. The highest BCUT2D eigenvalue weighted by molar-refractivity contribution is 5.76. The van der Waals surface area contributed by atoms with Crippen LogP contribution in [0, 0.1) is 30.4 Å². The summed E-state index contributed by atoms with van der Waals surface area (Å²) < 4.78 is 38.2. The maximum Gasteiger partial charge on any atom is 0.223 e. The fourth-order valence-corrected chi connectivity index (χ4v) is 4.44. The third kappa shape index (κ3) is 4.84. The second-order valence-electron chi connectivity index (χ2n) is 8.07. The Morgan fingerprint density at radius 3 is 3.03 bits per heavy atom. The predicted molar refractivity (Wildman–Crippen MR) is 103 cm³/mol. The third-order valence-electron chi connectivity index (χ3n) is 5.93. The van der Waals surface area contributed by atoms with Gasteiger partial charge < -0.3 is 14.6 Å². The summed E-state index contributed by atoms with van der Waals surface area (Å²) in [7, 11) is 0. The molecule has 1 aromatic heterocycles. The number of hydrogen-bond acceptors (Lipinski definition) is 6. The molecule has 0 aliphatic carbocycles. The van der Waals surface area contributed by atoms with Gasteiger partial charge in [0.15, 0.2) is 17.5 Å². The van der Waals surface area contributed by atoms with Crippen molar-refractivity contribution in [3.05, 3.63) is 47.1 Å². The smallest absolute Gasteiger partial charge is 0.223 e. The van der Waals surface area contributed by atoms with E-state index in [1.165, 1.54) is 6.07 Å². The van der Waals surface area contributed by atoms with Gasteiger partial charge in [-0.3, -0.25) is 9.69 Å². The van der Waals surface area contributed by atoms with Gasteiger partial charge in [-0.25, -0.2) is 8.78 Å². The van der Waals surface area contributed by atoms with Gasteiger partial charge in [-0.2, -0.15) is 4.98 Å². The highest BCUT2D eigenvalue weighted by atomic mass is 19.2. The SMILES string of the molecule is Cc1nc(CCNC(=O)C[C@@H]2OC[C@H]3CN(Cc4cccc(F)c4F)CC[C@H]32)no1. The van der Waals surface area contributed by atoms with E-state index in [1.807, 2.05) is 0 Å². The molecular formula is C21H26F2N4O3. The summed E-state index contributed by atoms with van der Waals surface area (Å²) in [5, 5.41) is 6.69. The number of halogens is 2. The number of rotatable bonds is 7. The molecule has 2 saturated heterocycles. The van der Waals surface area contributed by atoms with Crippen LogP contribution in [0.25, 0.3) is 0 Å². The van der Waals surface area contributed by atoms with E-state index in [2.05, 4.69) is 20.4 Å². The lowest BCUT2D eigenvalue weighted by molar-refractivity contribution is -0.123. The van der Waals surface area contributed by atoms with Crippen LogP contribution in [0.3, 0.4) is 0 Å². The molecule has 2 aromatic rings. The van der Waals surface area contributed by atoms with Gasteiger partial charge in [0.25, 0.3) is 0 Å². The predicted octanol–water partition coefficient (Wildman–Crippen LogP) is 2.24. The lowest BCUT2D eigenvalue weighted by Crippen LogP contribution is -2.42. The van der Waals surface area contributed by atoms with Crippen molar-refractivity contribution in [1.82, 2.24) is 20.4 Å². The Kier molecular flexibility index (Phi) is 6.38. The molecule has 7 nitrogen and oxygen atoms in total. The first-order valence-electron chi connectivity index (χ1n) is 10.3. The molecule has 9 heteroatoms. The van der Waals surface area contributed by atoms with Gasteiger partial charge in [0.05, 0.1) is 19.1 Å². The van der Waals surface area contributed by atoms with Crippen molar-refractivity contribution >= 4 is 5.91 Å². The number of ether oxygens (including phenoxy) is 1. The molecule has 3 atom stereocenters. The van der Waals surface area contributed by atoms with Gasteiger partial charge in [-0.05, 0) is 24.9 Å². The first-order valence-corrected chi connectivity index (χ1v) is 10.3. The molecule has 1 aromatic carbocycles. The van der Waals surface area contributed by atoms with Crippen LogP contribution >= 0.6 is 0 Å². The minimum atomic E-state index is -0.813. The normalized spacial score (nSPS) is 24.0. The van der Waals surface area contributed by atoms with E-state index in [0.29, 0.717) is 61.7 Å². The quantitative estimate of drug-likeness (QED) is 0.740. The number of amides is 1. The Labute approximate surface area is 173 Å². The fourth-order valence-electron chi connectivity index (χ4n) is 4.44. The molecule has 2 aliphatic rings. The molecule has 3 heterocycles. The van der Waals surface area contributed by atoms with Crippen molar-refractivity contribution in [2.45, 2.75) is 38.8 Å². The Morgan fingerprint density at radius 1 is 1.37 bits per heavy atom. The number of aromatic nitrogens is 2. The van der Waals surface area contributed by atoms with Crippen molar-refractivity contribution in [2.75, 3.05) is 26.2 Å². The summed E-state index contributed by atoms with van der Waals surface area (Å²) in [5.41, 5.74) is 0.375. The van der Waals surface area contributed by atoms with Crippen molar-refractivity contribution in [2.24, 2.45) is 11.8 Å². The van der Waals surface area contributed by atoms with Crippen molar-refractivity contribution in [3.8, 4) is 0 Å². The number of piperidine rings is 1. The molecule has 0 unspecified atom stereocenters. The molecule has 162 valence electrons. The first kappa shape index (κ1) is 20.9. The summed E-state index contributed by atoms with van der Waals surface area (Å²) in [6.45, 7) is 4.68. The maximum absolute atomic E-state index is 14.0. The summed E-state index contributed by atoms with van der Waals surface area (Å²) in [4.78, 5) is 18.5. The van der Waals surface area contributed by atoms with E-state index in [9.17, 15) is 13.6 Å². The number of benzene rings is 1. The number of nitrogens with zero attached hydrogens (tertiary/aromatic N) is 3. The third-order valence-corrected chi connectivity index (χ3v) is 5.93. The maximum atomic E-state index is 14.0. The first-order chi connectivity index (χ1) is 14.5. The molecular weight excluding hydrogens is 394 g/mol. The van der Waals surface area contributed by atoms with E-state index in [-0.39, 0.29) is 12.0 Å². The largest absolute Gasteiger partial charge is 0.377 e. The second kappa shape index (κ2) is 9.18. The number of aryl methyl sites for hydroxylation is 1. The van der Waals surface area contributed by atoms with Gasteiger partial charge in [0, 0.05) is 44.5 Å². The van der Waals surface area contributed by atoms with E-state index in [0.717, 1.165) is 25.6 Å². The summed E-state index contributed by atoms with van der Waals surface area (Å²) in [6.07, 6.45) is 1.62. The van der Waals surface area contributed by atoms with Crippen molar-refractivity contribution in [1.29, 1.82) is 0 Å². The molecule has 2 aliphatic heterocycles. The Morgan fingerprint density at radius 2 is 2.23 bits per heavy atom. The van der Waals surface area contributed by atoms with Crippen LogP contribution in [0.5, 0.6) is 0 Å². The van der Waals surface area contributed by atoms with Crippen molar-refractivity contribution in [3.63, 3.8) is 0 Å². The summed E-state index contributed by atoms with van der Waals surface area (Å²) in [5.74, 6) is 0.0602. The zero-order valence-electron chi connectivity index (χ0n) is 16.9. The zero-order valence-corrected chi connectivity index (χ0v) is 16.9. The van der Waals surface area contributed by atoms with Crippen LogP contribution in [-0.2, 0) is 22.5 Å². The zero-order chi connectivity index (χ0) is 21.1. The number of likely N-dealkylation sites (tertiary alicyclic amines) is 1. The van der Waals surface area contributed by atoms with Crippen molar-refractivity contribution < 1.29 is 22.8 Å². The minimum Gasteiger partial charge on any atom is -0.377 e. The second-order valence-corrected chi connectivity index (χ2v) is 8.07. The number of nitrogens with one attached hydrogen (secondary N) is 1. The number of carbonyl (C=O) groups excluding carboxylic acids is 1. The lowest BCUT2D eigenvalue weighted by Gasteiger charge is -2.35. The van der Waals surface area contributed by atoms with Gasteiger partial charge in [0.2, 0.25) is 11.8 Å². The molecule has 0 spiro atoms. The van der Waals surface area contributed by atoms with Crippen LogP contribution in [0.4, 0.5) is 8.78 Å². The van der Waals surface area contributed by atoms with E-state index < -0.39 is 11.6 Å². The lowest BCUT2D eigenvalue weighted by atomic mass is 9.83. The van der Waals surface area contributed by atoms with Gasteiger partial charge >= 0.3 is 0 Å². The number of fused-ring (bicyclic) bond motifs is 1. The minimum absolute atomic E-state index is 0.0508. The standard InChI is InChI=1S/C21H26F2N4O3/c1-13-25-19(26-30-13)5-7-24-20(28)9-18-16-6-8-27(11-15(16)12-29-18)10-14-3-2-4-17(22)21(14)23/h2-4,15-16,18H,5-12H2,1H3,(H,24,28)/t15-,16-,18+/m1/s1. The summed E-state index contributed by atoms with van der Waals surface area (Å²) in [6, 6.07) is 4.29. The topological polar surface area (TPSA) is 80.5 Å². The Hall–Kier alpha value is -2.39. The average Bonchev–Trinajstić information content (AvgIpc) is 3.31. The van der Waals surface area contributed by atoms with Gasteiger partial charge in [0.1, 0.15) is 0 Å². The molecule has 2 fully saturated rings. The number of carbonyl (C=O) groups is 1. The Balaban J connectivity index is 1.23. The van der Waals surface area contributed by atoms with E-state index in [1.54, 1.807) is 13.0 Å². The molecule has 4 rings (SSSR count). The number of hydrogen-bond donors (Lipinski definition) is 1. The van der Waals surface area contributed by atoms with Crippen LogP contribution in [0.15, 0.2) is 22.7 Å². The average molecular weight is 420 g/mol. The van der Waals surface area contributed by atoms with Crippen LogP contribution in [0.1, 0.15) is 30.1 Å². The van der Waals surface area contributed by atoms with E-state index >= 15 is 0 Å². The van der Waals surface area contributed by atoms with Crippen LogP contribution in [0.2, 0.25) is 0 Å². The molecule has 0 radical (unpaired) electrons. The van der Waals surface area contributed by atoms with Crippen LogP contribution in [-0.4, -0.2) is 53.3 Å². The fraction of sp³-hybridized carbons (Fsp3) is 0.571. The molecule has 0 bridgehead atoms. The highest BCUT2D eigenvalue weighted by Crippen LogP contribution is 2.36. The monoisotopic (exact) mass is 420 g/mol. The molecule has 0 saturated carbocycles. The molecule has 30 heavy (non-hydrogen) atoms. The van der Waals surface area contributed by atoms with E-state index in [4.69, 9.17) is 9.26 Å². The van der Waals surface area contributed by atoms with Gasteiger partial charge in [-0.1, -0.05) is 17.3 Å². The van der Waals surface area contributed by atoms with Crippen LogP contribution < -0.4 is 5.32 Å².